The second-order valence-electron chi connectivity index (χ2n) is 3.39. The predicted molar refractivity (Wildman–Crippen MR) is 45.1 cm³/mol. The molecule has 0 amide bonds. The van der Waals surface area contributed by atoms with Crippen LogP contribution in [0.1, 0.15) is 13.8 Å². The highest BCUT2D eigenvalue weighted by molar-refractivity contribution is 5.54. The summed E-state index contributed by atoms with van der Waals surface area (Å²) in [6.07, 6.45) is 0. The normalized spacial score (nSPS) is 17.4. The van der Waals surface area contributed by atoms with Crippen LogP contribution in [0.2, 0.25) is 0 Å². The van der Waals surface area contributed by atoms with Crippen LogP contribution in [0.5, 0.6) is 23.0 Å². The van der Waals surface area contributed by atoms with E-state index in [9.17, 15) is 0 Å². The number of phenolic OH excluding ortho intramolecular Hbond substituents is 2. The fraction of sp³-hybridized carbons (Fsp3) is 0.333. The molecule has 0 bridgehead atoms. The van der Waals surface area contributed by atoms with Crippen molar-refractivity contribution in [3.63, 3.8) is 0 Å². The van der Waals surface area contributed by atoms with Gasteiger partial charge in [-0.15, -0.1) is 0 Å². The lowest BCUT2D eigenvalue weighted by molar-refractivity contribution is -0.0431. The molecule has 1 aromatic carbocycles. The fourth-order valence-corrected chi connectivity index (χ4v) is 1.25. The van der Waals surface area contributed by atoms with Crippen LogP contribution in [0.25, 0.3) is 0 Å². The highest BCUT2D eigenvalue weighted by Gasteiger charge is 2.32. The Labute approximate surface area is 75.3 Å². The molecule has 1 heterocycles. The monoisotopic (exact) mass is 182 g/mol. The number of rotatable bonds is 0. The molecule has 4 heteroatoms. The summed E-state index contributed by atoms with van der Waals surface area (Å²) in [6, 6.07) is 2.67. The van der Waals surface area contributed by atoms with Gasteiger partial charge in [0.1, 0.15) is 0 Å². The van der Waals surface area contributed by atoms with Gasteiger partial charge in [-0.05, 0) is 0 Å². The standard InChI is InChI=1S/C9H10O4/c1-9(2)12-7-3-5(10)6(11)4-8(7)13-9/h3-4,10-11H,1-2H3. The number of phenols is 2. The molecule has 70 valence electrons. The van der Waals surface area contributed by atoms with Gasteiger partial charge in [-0.2, -0.15) is 0 Å². The number of fused-ring (bicyclic) bond motifs is 1. The Morgan fingerprint density at radius 1 is 1.00 bits per heavy atom. The quantitative estimate of drug-likeness (QED) is 0.598. The van der Waals surface area contributed by atoms with Crippen LogP contribution in [0, 0.1) is 0 Å². The first-order chi connectivity index (χ1) is 5.98. The van der Waals surface area contributed by atoms with Crippen molar-refractivity contribution in [2.45, 2.75) is 19.6 Å². The topological polar surface area (TPSA) is 58.9 Å². The molecule has 2 rings (SSSR count). The highest BCUT2D eigenvalue weighted by Crippen LogP contribution is 2.44. The Balaban J connectivity index is 2.48. The Morgan fingerprint density at radius 2 is 1.38 bits per heavy atom. The first-order valence-corrected chi connectivity index (χ1v) is 3.92. The molecule has 1 aliphatic heterocycles. The molecule has 0 radical (unpaired) electrons. The first kappa shape index (κ1) is 8.04. The van der Waals surface area contributed by atoms with Crippen molar-refractivity contribution in [2.75, 3.05) is 0 Å². The van der Waals surface area contributed by atoms with Gasteiger partial charge < -0.3 is 19.7 Å². The van der Waals surface area contributed by atoms with Crippen molar-refractivity contribution in [2.24, 2.45) is 0 Å². The predicted octanol–water partition coefficient (Wildman–Crippen LogP) is 1.61. The summed E-state index contributed by atoms with van der Waals surface area (Å²) in [7, 11) is 0. The second kappa shape index (κ2) is 2.22. The Hall–Kier alpha value is -1.58. The lowest BCUT2D eigenvalue weighted by Gasteiger charge is -2.16. The van der Waals surface area contributed by atoms with Crippen LogP contribution in [-0.4, -0.2) is 16.0 Å². The van der Waals surface area contributed by atoms with Crippen LogP contribution in [0.15, 0.2) is 12.1 Å². The molecule has 0 atom stereocenters. The molecular formula is C9H10O4. The van der Waals surface area contributed by atoms with Crippen molar-refractivity contribution in [3.05, 3.63) is 12.1 Å². The van der Waals surface area contributed by atoms with Crippen LogP contribution >= 0.6 is 0 Å². The smallest absolute Gasteiger partial charge is 0.246 e. The van der Waals surface area contributed by atoms with E-state index in [4.69, 9.17) is 19.7 Å². The summed E-state index contributed by atoms with van der Waals surface area (Å²) in [5.41, 5.74) is 0. The summed E-state index contributed by atoms with van der Waals surface area (Å²) in [5.74, 6) is -0.261. The van der Waals surface area contributed by atoms with E-state index in [2.05, 4.69) is 0 Å². The third-order valence-corrected chi connectivity index (χ3v) is 1.75. The van der Waals surface area contributed by atoms with E-state index in [0.717, 1.165) is 0 Å². The van der Waals surface area contributed by atoms with E-state index in [1.54, 1.807) is 13.8 Å². The molecule has 0 aliphatic carbocycles. The van der Waals surface area contributed by atoms with Crippen molar-refractivity contribution in [1.82, 2.24) is 0 Å². The third kappa shape index (κ3) is 1.24. The molecule has 0 spiro atoms. The Morgan fingerprint density at radius 3 is 1.77 bits per heavy atom. The largest absolute Gasteiger partial charge is 0.504 e. The van der Waals surface area contributed by atoms with Gasteiger partial charge >= 0.3 is 0 Å². The number of ether oxygens (including phenoxy) is 2. The van der Waals surface area contributed by atoms with Crippen LogP contribution < -0.4 is 9.47 Å². The maximum atomic E-state index is 9.17. The van der Waals surface area contributed by atoms with Gasteiger partial charge in [-0.1, -0.05) is 0 Å². The van der Waals surface area contributed by atoms with E-state index in [-0.39, 0.29) is 11.5 Å². The zero-order chi connectivity index (χ0) is 9.64. The maximum Gasteiger partial charge on any atom is 0.246 e. The molecular weight excluding hydrogens is 172 g/mol. The number of hydrogen-bond acceptors (Lipinski definition) is 4. The molecule has 1 aliphatic rings. The fourth-order valence-electron chi connectivity index (χ4n) is 1.25. The lowest BCUT2D eigenvalue weighted by Crippen LogP contribution is -2.29. The third-order valence-electron chi connectivity index (χ3n) is 1.75. The second-order valence-corrected chi connectivity index (χ2v) is 3.39. The highest BCUT2D eigenvalue weighted by atomic mass is 16.7. The zero-order valence-corrected chi connectivity index (χ0v) is 7.37. The lowest BCUT2D eigenvalue weighted by atomic mass is 10.3. The SMILES string of the molecule is CC1(C)Oc2cc(O)c(O)cc2O1. The summed E-state index contributed by atoms with van der Waals surface area (Å²) in [5, 5.41) is 18.3. The van der Waals surface area contributed by atoms with Gasteiger partial charge in [-0.25, -0.2) is 0 Å². The summed E-state index contributed by atoms with van der Waals surface area (Å²) in [4.78, 5) is 0. The van der Waals surface area contributed by atoms with E-state index in [0.29, 0.717) is 11.5 Å². The van der Waals surface area contributed by atoms with Gasteiger partial charge in [0, 0.05) is 26.0 Å². The van der Waals surface area contributed by atoms with Crippen LogP contribution in [-0.2, 0) is 0 Å². The maximum absolute atomic E-state index is 9.17. The molecule has 4 nitrogen and oxygen atoms in total. The number of hydrogen-bond donors (Lipinski definition) is 2. The first-order valence-electron chi connectivity index (χ1n) is 3.92. The number of benzene rings is 1. The number of aromatic hydroxyl groups is 2. The van der Waals surface area contributed by atoms with Gasteiger partial charge in [0.05, 0.1) is 0 Å². The van der Waals surface area contributed by atoms with Gasteiger partial charge in [-0.3, -0.25) is 0 Å². The Kier molecular flexibility index (Phi) is 1.37. The van der Waals surface area contributed by atoms with Crippen LogP contribution in [0.3, 0.4) is 0 Å². The minimum atomic E-state index is -0.734. The van der Waals surface area contributed by atoms with Gasteiger partial charge in [0.2, 0.25) is 5.79 Å². The van der Waals surface area contributed by atoms with Gasteiger partial charge in [0.25, 0.3) is 0 Å². The molecule has 0 saturated heterocycles. The van der Waals surface area contributed by atoms with Crippen molar-refractivity contribution >= 4 is 0 Å². The van der Waals surface area contributed by atoms with Gasteiger partial charge in [0.15, 0.2) is 23.0 Å². The minimum Gasteiger partial charge on any atom is -0.504 e. The molecule has 0 saturated carbocycles. The molecule has 13 heavy (non-hydrogen) atoms. The van der Waals surface area contributed by atoms with E-state index >= 15 is 0 Å². The molecule has 0 aromatic heterocycles. The molecule has 0 fully saturated rings. The van der Waals surface area contributed by atoms with Crippen molar-refractivity contribution in [3.8, 4) is 23.0 Å². The van der Waals surface area contributed by atoms with E-state index in [1.165, 1.54) is 12.1 Å². The molecule has 0 unspecified atom stereocenters. The van der Waals surface area contributed by atoms with E-state index < -0.39 is 5.79 Å². The average Bonchev–Trinajstić information content (AvgIpc) is 2.24. The summed E-state index contributed by atoms with van der Waals surface area (Å²) in [6.45, 7) is 3.50. The van der Waals surface area contributed by atoms with Crippen molar-refractivity contribution < 1.29 is 19.7 Å². The summed E-state index contributed by atoms with van der Waals surface area (Å²) < 4.78 is 10.7. The van der Waals surface area contributed by atoms with Crippen LogP contribution in [0.4, 0.5) is 0 Å². The van der Waals surface area contributed by atoms with E-state index in [1.807, 2.05) is 0 Å². The zero-order valence-electron chi connectivity index (χ0n) is 7.37. The molecule has 1 aromatic rings. The average molecular weight is 182 g/mol. The Bertz CT molecular complexity index is 324. The molecule has 2 N–H and O–H groups in total. The van der Waals surface area contributed by atoms with Crippen molar-refractivity contribution in [1.29, 1.82) is 0 Å². The summed E-state index contributed by atoms with van der Waals surface area (Å²) >= 11 is 0. The minimum absolute atomic E-state index is 0.208.